The third-order valence-electron chi connectivity index (χ3n) is 6.14. The maximum atomic E-state index is 11.9. The van der Waals surface area contributed by atoms with Gasteiger partial charge in [0, 0.05) is 0 Å². The quantitative estimate of drug-likeness (QED) is 0.151. The van der Waals surface area contributed by atoms with Gasteiger partial charge in [0.1, 0.15) is 0 Å². The second kappa shape index (κ2) is 22.2. The van der Waals surface area contributed by atoms with Crippen molar-refractivity contribution in [3.63, 3.8) is 0 Å². The molecule has 0 fully saturated rings. The minimum Gasteiger partial charge on any atom is -0.634 e. The number of hydroxylamine groups is 2. The highest BCUT2D eigenvalue weighted by molar-refractivity contribution is 4.59. The van der Waals surface area contributed by atoms with Gasteiger partial charge in [0.2, 0.25) is 0 Å². The summed E-state index contributed by atoms with van der Waals surface area (Å²) in [7, 11) is 1.81. The SMILES string of the molecule is CCCCCCCCCCCCC(CCCCCCCCCCC)[NH+](C)[O-]. The predicted molar refractivity (Wildman–Crippen MR) is 122 cm³/mol. The number of rotatable bonds is 22. The lowest BCUT2D eigenvalue weighted by Crippen LogP contribution is -3.08. The molecule has 0 aliphatic rings. The summed E-state index contributed by atoms with van der Waals surface area (Å²) in [6.07, 6.45) is 28.4. The first-order chi connectivity index (χ1) is 13.2. The summed E-state index contributed by atoms with van der Waals surface area (Å²) in [5, 5.41) is 12.3. The fourth-order valence-electron chi connectivity index (χ4n) is 4.13. The summed E-state index contributed by atoms with van der Waals surface area (Å²) in [4.78, 5) is 0. The van der Waals surface area contributed by atoms with E-state index in [-0.39, 0.29) is 0 Å². The number of unbranched alkanes of at least 4 members (excludes halogenated alkanes) is 17. The van der Waals surface area contributed by atoms with Gasteiger partial charge in [-0.1, -0.05) is 123 Å². The first kappa shape index (κ1) is 26.9. The maximum absolute atomic E-state index is 11.9. The van der Waals surface area contributed by atoms with E-state index in [1.807, 2.05) is 7.05 Å². The van der Waals surface area contributed by atoms with E-state index >= 15 is 0 Å². The van der Waals surface area contributed by atoms with Gasteiger partial charge in [-0.05, 0) is 25.7 Å². The van der Waals surface area contributed by atoms with Gasteiger partial charge in [-0.2, -0.15) is 0 Å². The molecule has 2 unspecified atom stereocenters. The smallest absolute Gasteiger partial charge is 0.0869 e. The average molecular weight is 384 g/mol. The third kappa shape index (κ3) is 20.5. The number of hydrogen-bond acceptors (Lipinski definition) is 1. The van der Waals surface area contributed by atoms with Crippen LogP contribution in [0.4, 0.5) is 0 Å². The van der Waals surface area contributed by atoms with E-state index in [0.717, 1.165) is 12.8 Å². The molecule has 0 amide bonds. The monoisotopic (exact) mass is 383 g/mol. The molecule has 2 atom stereocenters. The Balaban J connectivity index is 3.44. The van der Waals surface area contributed by atoms with Crippen LogP contribution in [0.1, 0.15) is 149 Å². The van der Waals surface area contributed by atoms with Crippen molar-refractivity contribution in [2.75, 3.05) is 7.05 Å². The van der Waals surface area contributed by atoms with Crippen LogP contribution in [0.2, 0.25) is 0 Å². The molecule has 2 heteroatoms. The molecule has 1 N–H and O–H groups in total. The van der Waals surface area contributed by atoms with Crippen LogP contribution in [-0.4, -0.2) is 13.1 Å². The second-order valence-corrected chi connectivity index (χ2v) is 8.90. The average Bonchev–Trinajstić information content (AvgIpc) is 2.66. The second-order valence-electron chi connectivity index (χ2n) is 8.90. The van der Waals surface area contributed by atoms with E-state index in [1.54, 1.807) is 0 Å². The van der Waals surface area contributed by atoms with Gasteiger partial charge >= 0.3 is 0 Å². The van der Waals surface area contributed by atoms with Crippen LogP contribution in [0.15, 0.2) is 0 Å². The molecule has 0 spiro atoms. The lowest BCUT2D eigenvalue weighted by Gasteiger charge is -2.28. The summed E-state index contributed by atoms with van der Waals surface area (Å²) in [6.45, 7) is 4.56. The number of hydrogen-bond donors (Lipinski definition) is 1. The van der Waals surface area contributed by atoms with Gasteiger partial charge in [0.15, 0.2) is 0 Å². The molecule has 164 valence electrons. The fourth-order valence-corrected chi connectivity index (χ4v) is 4.13. The largest absolute Gasteiger partial charge is 0.634 e. The zero-order valence-electron chi connectivity index (χ0n) is 19.3. The Morgan fingerprint density at radius 3 is 1.00 bits per heavy atom. The Bertz CT molecular complexity index is 267. The van der Waals surface area contributed by atoms with Crippen LogP contribution in [-0.2, 0) is 0 Å². The summed E-state index contributed by atoms with van der Waals surface area (Å²) in [6, 6.07) is 0.351. The Hall–Kier alpha value is -0.0800. The molecular weight excluding hydrogens is 330 g/mol. The van der Waals surface area contributed by atoms with Crippen LogP contribution in [0, 0.1) is 5.21 Å². The molecule has 0 rings (SSSR count). The molecule has 0 aromatic carbocycles. The Morgan fingerprint density at radius 2 is 0.741 bits per heavy atom. The van der Waals surface area contributed by atoms with Gasteiger partial charge in [-0.15, -0.1) is 0 Å². The molecular formula is C25H53NO. The van der Waals surface area contributed by atoms with Gasteiger partial charge in [-0.25, -0.2) is 0 Å². The Morgan fingerprint density at radius 1 is 0.481 bits per heavy atom. The van der Waals surface area contributed by atoms with E-state index in [1.165, 1.54) is 122 Å². The Labute approximate surface area is 172 Å². The van der Waals surface area contributed by atoms with Gasteiger partial charge < -0.3 is 10.3 Å². The van der Waals surface area contributed by atoms with Crippen LogP contribution >= 0.6 is 0 Å². The first-order valence-electron chi connectivity index (χ1n) is 12.7. The lowest BCUT2D eigenvalue weighted by molar-refractivity contribution is -0.855. The topological polar surface area (TPSA) is 27.5 Å². The van der Waals surface area contributed by atoms with Crippen molar-refractivity contribution < 1.29 is 5.06 Å². The van der Waals surface area contributed by atoms with Crippen LogP contribution < -0.4 is 5.06 Å². The minimum atomic E-state index is 0.351. The highest BCUT2D eigenvalue weighted by atomic mass is 16.5. The first-order valence-corrected chi connectivity index (χ1v) is 12.7. The highest BCUT2D eigenvalue weighted by Crippen LogP contribution is 2.14. The van der Waals surface area contributed by atoms with Crippen molar-refractivity contribution >= 4 is 0 Å². The van der Waals surface area contributed by atoms with Crippen LogP contribution in [0.5, 0.6) is 0 Å². The number of quaternary nitrogens is 1. The molecule has 0 aliphatic heterocycles. The van der Waals surface area contributed by atoms with Crippen molar-refractivity contribution in [2.24, 2.45) is 0 Å². The maximum Gasteiger partial charge on any atom is 0.0869 e. The summed E-state index contributed by atoms with van der Waals surface area (Å²) < 4.78 is 0. The highest BCUT2D eigenvalue weighted by Gasteiger charge is 2.11. The van der Waals surface area contributed by atoms with Gasteiger partial charge in [-0.3, -0.25) is 0 Å². The van der Waals surface area contributed by atoms with Crippen molar-refractivity contribution in [3.8, 4) is 0 Å². The molecule has 0 aliphatic carbocycles. The van der Waals surface area contributed by atoms with E-state index in [9.17, 15) is 5.21 Å². The molecule has 2 nitrogen and oxygen atoms in total. The molecule has 27 heavy (non-hydrogen) atoms. The summed E-state index contributed by atoms with van der Waals surface area (Å²) in [5.74, 6) is 0. The molecule has 0 heterocycles. The molecule has 0 bridgehead atoms. The summed E-state index contributed by atoms with van der Waals surface area (Å²) in [5.41, 5.74) is 0. The van der Waals surface area contributed by atoms with E-state index in [0.29, 0.717) is 11.1 Å². The third-order valence-corrected chi connectivity index (χ3v) is 6.14. The lowest BCUT2D eigenvalue weighted by atomic mass is 9.99. The van der Waals surface area contributed by atoms with Crippen LogP contribution in [0.3, 0.4) is 0 Å². The van der Waals surface area contributed by atoms with Crippen LogP contribution in [0.25, 0.3) is 0 Å². The van der Waals surface area contributed by atoms with E-state index in [4.69, 9.17) is 0 Å². The minimum absolute atomic E-state index is 0.351. The molecule has 0 aromatic rings. The zero-order chi connectivity index (χ0) is 20.0. The normalized spacial score (nSPS) is 13.8. The summed E-state index contributed by atoms with van der Waals surface area (Å²) >= 11 is 0. The van der Waals surface area contributed by atoms with Crippen molar-refractivity contribution in [2.45, 2.75) is 155 Å². The van der Waals surface area contributed by atoms with Gasteiger partial charge in [0.25, 0.3) is 0 Å². The van der Waals surface area contributed by atoms with Crippen molar-refractivity contribution in [1.82, 2.24) is 0 Å². The zero-order valence-corrected chi connectivity index (χ0v) is 19.3. The van der Waals surface area contributed by atoms with E-state index in [2.05, 4.69) is 13.8 Å². The van der Waals surface area contributed by atoms with Gasteiger partial charge in [0.05, 0.1) is 13.1 Å². The molecule has 0 radical (unpaired) electrons. The molecule has 0 saturated carbocycles. The Kier molecular flexibility index (Phi) is 22.1. The molecule has 0 saturated heterocycles. The predicted octanol–water partition coefficient (Wildman–Crippen LogP) is 7.60. The molecule has 0 aromatic heterocycles. The standard InChI is InChI=1S/C25H53NO/c1-4-6-8-10-12-14-16-18-20-22-24-25(26(3)27)23-21-19-17-15-13-11-9-7-5-2/h25-26H,4-24H2,1-3H3. The van der Waals surface area contributed by atoms with Crippen molar-refractivity contribution in [1.29, 1.82) is 0 Å². The number of nitrogens with one attached hydrogen (secondary N) is 1. The van der Waals surface area contributed by atoms with Crippen molar-refractivity contribution in [3.05, 3.63) is 5.21 Å². The fraction of sp³-hybridized carbons (Fsp3) is 1.00. The van der Waals surface area contributed by atoms with E-state index < -0.39 is 0 Å².